The molecule has 0 spiro atoms. The SMILES string of the molecule is C[C@@H](CC#C[Si](C)(C)C)CS(=O)(=O)c1ccccc1. The van der Waals surface area contributed by atoms with Crippen LogP contribution in [0.5, 0.6) is 0 Å². The summed E-state index contributed by atoms with van der Waals surface area (Å²) in [6.45, 7) is 8.50. The number of sulfone groups is 1. The minimum Gasteiger partial charge on any atom is -0.224 e. The van der Waals surface area contributed by atoms with Crippen molar-refractivity contribution in [3.63, 3.8) is 0 Å². The van der Waals surface area contributed by atoms with E-state index in [-0.39, 0.29) is 11.7 Å². The van der Waals surface area contributed by atoms with Crippen molar-refractivity contribution in [2.75, 3.05) is 5.75 Å². The van der Waals surface area contributed by atoms with Crippen LogP contribution in [0, 0.1) is 17.4 Å². The fourth-order valence-corrected chi connectivity index (χ4v) is 3.91. The normalized spacial score (nSPS) is 13.5. The van der Waals surface area contributed by atoms with Crippen molar-refractivity contribution >= 4 is 17.9 Å². The lowest BCUT2D eigenvalue weighted by Gasteiger charge is -2.09. The van der Waals surface area contributed by atoms with Crippen molar-refractivity contribution in [1.82, 2.24) is 0 Å². The second-order valence-corrected chi connectivity index (χ2v) is 12.7. The highest BCUT2D eigenvalue weighted by Crippen LogP contribution is 2.15. The van der Waals surface area contributed by atoms with Gasteiger partial charge in [0.25, 0.3) is 0 Å². The molecule has 2 nitrogen and oxygen atoms in total. The summed E-state index contributed by atoms with van der Waals surface area (Å²) in [5.41, 5.74) is 3.27. The predicted molar refractivity (Wildman–Crippen MR) is 83.4 cm³/mol. The quantitative estimate of drug-likeness (QED) is 0.630. The van der Waals surface area contributed by atoms with Crippen LogP contribution in [0.3, 0.4) is 0 Å². The van der Waals surface area contributed by atoms with E-state index < -0.39 is 17.9 Å². The smallest absolute Gasteiger partial charge is 0.178 e. The second-order valence-electron chi connectivity index (χ2n) is 5.96. The topological polar surface area (TPSA) is 34.1 Å². The van der Waals surface area contributed by atoms with Gasteiger partial charge in [-0.1, -0.05) is 44.8 Å². The Kier molecular flexibility index (Phi) is 5.39. The number of hydrogen-bond acceptors (Lipinski definition) is 2. The molecule has 1 rings (SSSR count). The van der Waals surface area contributed by atoms with Gasteiger partial charge in [0, 0.05) is 6.42 Å². The Bertz CT molecular complexity index is 560. The van der Waals surface area contributed by atoms with Crippen molar-refractivity contribution in [1.29, 1.82) is 0 Å². The first-order valence-corrected chi connectivity index (χ1v) is 11.6. The highest BCUT2D eigenvalue weighted by atomic mass is 32.2. The van der Waals surface area contributed by atoms with Gasteiger partial charge in [0.05, 0.1) is 10.6 Å². The van der Waals surface area contributed by atoms with Gasteiger partial charge in [-0.15, -0.1) is 11.5 Å². The van der Waals surface area contributed by atoms with Crippen molar-refractivity contribution in [2.45, 2.75) is 37.9 Å². The number of benzene rings is 1. The molecule has 0 aliphatic carbocycles. The Morgan fingerprint density at radius 2 is 1.74 bits per heavy atom. The van der Waals surface area contributed by atoms with Crippen LogP contribution in [-0.4, -0.2) is 22.2 Å². The summed E-state index contributed by atoms with van der Waals surface area (Å²) in [5.74, 6) is 3.37. The molecule has 0 saturated heterocycles. The lowest BCUT2D eigenvalue weighted by Crippen LogP contribution is -2.17. The van der Waals surface area contributed by atoms with E-state index in [4.69, 9.17) is 0 Å². The van der Waals surface area contributed by atoms with Crippen LogP contribution < -0.4 is 0 Å². The highest BCUT2D eigenvalue weighted by molar-refractivity contribution is 7.91. The van der Waals surface area contributed by atoms with Crippen LogP contribution in [0.1, 0.15) is 13.3 Å². The third kappa shape index (κ3) is 6.08. The molecule has 4 heteroatoms. The van der Waals surface area contributed by atoms with Gasteiger partial charge in [0.2, 0.25) is 0 Å². The molecule has 0 amide bonds. The van der Waals surface area contributed by atoms with Crippen molar-refractivity contribution in [3.05, 3.63) is 30.3 Å². The summed E-state index contributed by atoms with van der Waals surface area (Å²) in [7, 11) is -4.54. The molecule has 0 aromatic heterocycles. The van der Waals surface area contributed by atoms with Crippen molar-refractivity contribution < 1.29 is 8.42 Å². The molecule has 0 N–H and O–H groups in total. The van der Waals surface area contributed by atoms with Gasteiger partial charge in [-0.2, -0.15) is 0 Å². The van der Waals surface area contributed by atoms with Gasteiger partial charge < -0.3 is 0 Å². The van der Waals surface area contributed by atoms with Gasteiger partial charge >= 0.3 is 0 Å². The molecule has 0 radical (unpaired) electrons. The molecule has 0 aliphatic heterocycles. The van der Waals surface area contributed by atoms with Crippen molar-refractivity contribution in [3.8, 4) is 11.5 Å². The summed E-state index contributed by atoms with van der Waals surface area (Å²) >= 11 is 0. The summed E-state index contributed by atoms with van der Waals surface area (Å²) in [4.78, 5) is 0.403. The third-order valence-corrected chi connectivity index (χ3v) is 5.45. The van der Waals surface area contributed by atoms with E-state index in [9.17, 15) is 8.42 Å². The minimum atomic E-state index is -3.18. The zero-order valence-corrected chi connectivity index (χ0v) is 13.9. The average Bonchev–Trinajstić information content (AvgIpc) is 2.27. The first-order valence-electron chi connectivity index (χ1n) is 6.48. The molecule has 0 unspecified atom stereocenters. The molecule has 0 bridgehead atoms. The van der Waals surface area contributed by atoms with E-state index in [1.807, 2.05) is 13.0 Å². The fraction of sp³-hybridized carbons (Fsp3) is 0.467. The maximum Gasteiger partial charge on any atom is 0.178 e. The molecule has 0 saturated carbocycles. The molecule has 1 aromatic rings. The van der Waals surface area contributed by atoms with E-state index >= 15 is 0 Å². The number of hydrogen-bond donors (Lipinski definition) is 0. The summed E-state index contributed by atoms with van der Waals surface area (Å²) in [5, 5.41) is 0. The third-order valence-electron chi connectivity index (χ3n) is 2.52. The zero-order valence-electron chi connectivity index (χ0n) is 12.1. The Labute approximate surface area is 118 Å². The maximum atomic E-state index is 12.2. The van der Waals surface area contributed by atoms with Gasteiger partial charge in [0.15, 0.2) is 9.84 Å². The van der Waals surface area contributed by atoms with Gasteiger partial charge in [-0.05, 0) is 18.1 Å². The lowest BCUT2D eigenvalue weighted by molar-refractivity contribution is 0.575. The molecule has 1 aromatic carbocycles. The van der Waals surface area contributed by atoms with Crippen LogP contribution in [0.4, 0.5) is 0 Å². The molecule has 0 heterocycles. The average molecular weight is 294 g/mol. The van der Waals surface area contributed by atoms with Gasteiger partial charge in [0.1, 0.15) is 8.07 Å². The van der Waals surface area contributed by atoms with E-state index in [0.29, 0.717) is 11.3 Å². The Morgan fingerprint density at radius 1 is 1.16 bits per heavy atom. The fourth-order valence-electron chi connectivity index (χ4n) is 1.65. The van der Waals surface area contributed by atoms with Gasteiger partial charge in [-0.25, -0.2) is 8.42 Å². The van der Waals surface area contributed by atoms with E-state index in [2.05, 4.69) is 31.1 Å². The lowest BCUT2D eigenvalue weighted by atomic mass is 10.1. The summed E-state index contributed by atoms with van der Waals surface area (Å²) < 4.78 is 24.3. The Morgan fingerprint density at radius 3 is 2.26 bits per heavy atom. The number of rotatable bonds is 4. The largest absolute Gasteiger partial charge is 0.224 e. The Hall–Kier alpha value is -1.05. The monoisotopic (exact) mass is 294 g/mol. The molecule has 0 aliphatic rings. The van der Waals surface area contributed by atoms with E-state index in [0.717, 1.165) is 0 Å². The van der Waals surface area contributed by atoms with Crippen LogP contribution in [-0.2, 0) is 9.84 Å². The van der Waals surface area contributed by atoms with Crippen LogP contribution in [0.15, 0.2) is 35.2 Å². The molecule has 1 atom stereocenters. The molecule has 0 fully saturated rings. The Balaban J connectivity index is 2.67. The van der Waals surface area contributed by atoms with Crippen molar-refractivity contribution in [2.24, 2.45) is 5.92 Å². The van der Waals surface area contributed by atoms with E-state index in [1.54, 1.807) is 24.3 Å². The highest BCUT2D eigenvalue weighted by Gasteiger charge is 2.17. The molecular weight excluding hydrogens is 272 g/mol. The standard InChI is InChI=1S/C15H22O2SSi/c1-14(9-8-12-19(2,3)4)13-18(16,17)15-10-6-5-7-11-15/h5-7,10-11,14H,9,13H2,1-4H3/t14-/m0/s1. The summed E-state index contributed by atoms with van der Waals surface area (Å²) in [6.07, 6.45) is 0.649. The molecule has 104 valence electrons. The van der Waals surface area contributed by atoms with Crippen LogP contribution in [0.2, 0.25) is 19.6 Å². The van der Waals surface area contributed by atoms with Crippen LogP contribution >= 0.6 is 0 Å². The first-order chi connectivity index (χ1) is 8.71. The van der Waals surface area contributed by atoms with Crippen LogP contribution in [0.25, 0.3) is 0 Å². The second kappa shape index (κ2) is 6.40. The zero-order chi connectivity index (χ0) is 14.5. The maximum absolute atomic E-state index is 12.2. The minimum absolute atomic E-state index is 0.0639. The summed E-state index contributed by atoms with van der Waals surface area (Å²) in [6, 6.07) is 8.62. The molecular formula is C15H22O2SSi. The van der Waals surface area contributed by atoms with Gasteiger partial charge in [-0.3, -0.25) is 0 Å². The first kappa shape index (κ1) is 16.0. The molecule has 19 heavy (non-hydrogen) atoms. The predicted octanol–water partition coefficient (Wildman–Crippen LogP) is 3.37. The van der Waals surface area contributed by atoms with E-state index in [1.165, 1.54) is 0 Å².